The lowest BCUT2D eigenvalue weighted by Crippen LogP contribution is -2.30. The molecule has 3 rings (SSSR count). The molecular weight excluding hydrogens is 371 g/mol. The Kier molecular flexibility index (Phi) is 5.00. The average Bonchev–Trinajstić information content (AvgIpc) is 2.98. The van der Waals surface area contributed by atoms with Crippen LogP contribution >= 0.6 is 11.6 Å². The second kappa shape index (κ2) is 7.07. The Balaban J connectivity index is 1.82. The maximum absolute atomic E-state index is 12.7. The molecule has 0 saturated carbocycles. The fraction of sp³-hybridized carbons (Fsp3) is 0.278. The second-order valence-electron chi connectivity index (χ2n) is 5.77. The number of ether oxygens (including phenoxy) is 2. The van der Waals surface area contributed by atoms with Gasteiger partial charge in [-0.1, -0.05) is 23.7 Å². The van der Waals surface area contributed by atoms with Gasteiger partial charge in [0, 0.05) is 23.2 Å². The van der Waals surface area contributed by atoms with Crippen molar-refractivity contribution in [3.63, 3.8) is 0 Å². The highest BCUT2D eigenvalue weighted by Crippen LogP contribution is 2.34. The molecule has 0 bridgehead atoms. The summed E-state index contributed by atoms with van der Waals surface area (Å²) in [6, 6.07) is 9.00. The lowest BCUT2D eigenvalue weighted by atomic mass is 10.1. The maximum Gasteiger partial charge on any atom is 0.573 e. The zero-order valence-electron chi connectivity index (χ0n) is 13.8. The number of carbonyl (C=O) groups is 1. The number of anilines is 1. The number of methoxy groups -OCH3 is 1. The summed E-state index contributed by atoms with van der Waals surface area (Å²) in [5.74, 6) is -0.104. The van der Waals surface area contributed by atoms with Crippen molar-refractivity contribution in [1.29, 1.82) is 0 Å². The summed E-state index contributed by atoms with van der Waals surface area (Å²) in [4.78, 5) is 14.2. The lowest BCUT2D eigenvalue weighted by Gasteiger charge is -2.19. The molecule has 1 aliphatic rings. The molecule has 0 aliphatic carbocycles. The van der Waals surface area contributed by atoms with Gasteiger partial charge in [-0.2, -0.15) is 0 Å². The molecule has 8 heteroatoms. The van der Waals surface area contributed by atoms with Crippen LogP contribution in [0.25, 0.3) is 0 Å². The van der Waals surface area contributed by atoms with E-state index in [1.165, 1.54) is 24.1 Å². The van der Waals surface area contributed by atoms with Crippen LogP contribution in [0.4, 0.5) is 18.9 Å². The summed E-state index contributed by atoms with van der Waals surface area (Å²) < 4.78 is 46.5. The molecule has 1 heterocycles. The van der Waals surface area contributed by atoms with Crippen LogP contribution in [0.15, 0.2) is 36.4 Å². The third-order valence-corrected chi connectivity index (χ3v) is 4.31. The van der Waals surface area contributed by atoms with Crippen LogP contribution in [0.5, 0.6) is 11.5 Å². The zero-order chi connectivity index (χ0) is 18.9. The Morgan fingerprint density at radius 3 is 2.69 bits per heavy atom. The standard InChI is InChI=1S/C18H15ClF3NO3/c1-25-16-9-13(19)4-2-12(16)8-17(24)23-7-6-11-3-5-14(10-15(11)23)26-18(20,21)22/h2-5,9-10H,6-8H2,1H3. The summed E-state index contributed by atoms with van der Waals surface area (Å²) in [7, 11) is 1.48. The minimum absolute atomic E-state index is 0.0458. The highest BCUT2D eigenvalue weighted by atomic mass is 35.5. The molecule has 0 aromatic heterocycles. The monoisotopic (exact) mass is 385 g/mol. The van der Waals surface area contributed by atoms with Crippen LogP contribution in [0.3, 0.4) is 0 Å². The molecule has 4 nitrogen and oxygen atoms in total. The quantitative estimate of drug-likeness (QED) is 0.784. The topological polar surface area (TPSA) is 38.8 Å². The van der Waals surface area contributed by atoms with Gasteiger partial charge in [-0.3, -0.25) is 4.79 Å². The van der Waals surface area contributed by atoms with Crippen LogP contribution in [0.2, 0.25) is 5.02 Å². The first kappa shape index (κ1) is 18.4. The lowest BCUT2D eigenvalue weighted by molar-refractivity contribution is -0.274. The molecule has 0 N–H and O–H groups in total. The van der Waals surface area contributed by atoms with Crippen LogP contribution in [0.1, 0.15) is 11.1 Å². The Morgan fingerprint density at radius 1 is 1.23 bits per heavy atom. The summed E-state index contributed by atoms with van der Waals surface area (Å²) in [6.45, 7) is 0.402. The number of amides is 1. The Hall–Kier alpha value is -2.41. The number of benzene rings is 2. The molecule has 1 aliphatic heterocycles. The predicted molar refractivity (Wildman–Crippen MR) is 90.9 cm³/mol. The van der Waals surface area contributed by atoms with Gasteiger partial charge in [0.2, 0.25) is 5.91 Å². The molecule has 0 unspecified atom stereocenters. The number of hydrogen-bond acceptors (Lipinski definition) is 3. The van der Waals surface area contributed by atoms with Gasteiger partial charge in [0.25, 0.3) is 0 Å². The Morgan fingerprint density at radius 2 is 2.00 bits per heavy atom. The molecule has 1 amide bonds. The summed E-state index contributed by atoms with van der Waals surface area (Å²) in [6.07, 6.45) is -4.16. The highest BCUT2D eigenvalue weighted by Gasteiger charge is 2.32. The van der Waals surface area contributed by atoms with Crippen molar-refractivity contribution in [3.05, 3.63) is 52.5 Å². The van der Waals surface area contributed by atoms with Gasteiger partial charge in [0.05, 0.1) is 19.2 Å². The van der Waals surface area contributed by atoms with Crippen molar-refractivity contribution in [2.75, 3.05) is 18.6 Å². The minimum atomic E-state index is -4.78. The number of nitrogens with zero attached hydrogens (tertiary/aromatic N) is 1. The van der Waals surface area contributed by atoms with Gasteiger partial charge < -0.3 is 14.4 Å². The average molecular weight is 386 g/mol. The van der Waals surface area contributed by atoms with E-state index in [0.717, 1.165) is 5.56 Å². The first-order valence-electron chi connectivity index (χ1n) is 7.78. The van der Waals surface area contributed by atoms with E-state index in [1.54, 1.807) is 24.3 Å². The molecule has 0 atom stereocenters. The van der Waals surface area contributed by atoms with E-state index in [4.69, 9.17) is 16.3 Å². The van der Waals surface area contributed by atoms with E-state index in [2.05, 4.69) is 4.74 Å². The molecule has 0 fully saturated rings. The number of carbonyl (C=O) groups excluding carboxylic acids is 1. The molecular formula is C18H15ClF3NO3. The molecule has 0 radical (unpaired) electrons. The zero-order valence-corrected chi connectivity index (χ0v) is 14.5. The first-order valence-corrected chi connectivity index (χ1v) is 8.16. The van der Waals surface area contributed by atoms with Crippen molar-refractivity contribution in [2.45, 2.75) is 19.2 Å². The Bertz CT molecular complexity index is 839. The molecule has 2 aromatic rings. The fourth-order valence-electron chi connectivity index (χ4n) is 2.94. The normalized spacial score (nSPS) is 13.5. The fourth-order valence-corrected chi connectivity index (χ4v) is 3.10. The molecule has 0 spiro atoms. The second-order valence-corrected chi connectivity index (χ2v) is 6.20. The SMILES string of the molecule is COc1cc(Cl)ccc1CC(=O)N1CCc2ccc(OC(F)(F)F)cc21. The maximum atomic E-state index is 12.7. The van der Waals surface area contributed by atoms with Crippen molar-refractivity contribution in [3.8, 4) is 11.5 Å². The predicted octanol–water partition coefficient (Wildman–Crippen LogP) is 4.38. The van der Waals surface area contributed by atoms with E-state index >= 15 is 0 Å². The third-order valence-electron chi connectivity index (χ3n) is 4.08. The van der Waals surface area contributed by atoms with Gasteiger partial charge in [-0.05, 0) is 30.2 Å². The number of rotatable bonds is 4. The van der Waals surface area contributed by atoms with Crippen molar-refractivity contribution in [2.24, 2.45) is 0 Å². The van der Waals surface area contributed by atoms with E-state index in [9.17, 15) is 18.0 Å². The van der Waals surface area contributed by atoms with Crippen molar-refractivity contribution >= 4 is 23.2 Å². The molecule has 0 saturated heterocycles. The summed E-state index contributed by atoms with van der Waals surface area (Å²) in [5, 5.41) is 0.485. The molecule has 138 valence electrons. The van der Waals surface area contributed by atoms with Gasteiger partial charge in [0.15, 0.2) is 0 Å². The number of hydrogen-bond donors (Lipinski definition) is 0. The van der Waals surface area contributed by atoms with Gasteiger partial charge in [0.1, 0.15) is 11.5 Å². The highest BCUT2D eigenvalue weighted by molar-refractivity contribution is 6.30. The number of fused-ring (bicyclic) bond motifs is 1. The molecule has 26 heavy (non-hydrogen) atoms. The minimum Gasteiger partial charge on any atom is -0.496 e. The van der Waals surface area contributed by atoms with E-state index in [-0.39, 0.29) is 18.1 Å². The summed E-state index contributed by atoms with van der Waals surface area (Å²) in [5.41, 5.74) is 1.89. The van der Waals surface area contributed by atoms with Crippen molar-refractivity contribution in [1.82, 2.24) is 0 Å². The van der Waals surface area contributed by atoms with E-state index in [1.807, 2.05) is 0 Å². The van der Waals surface area contributed by atoms with Gasteiger partial charge in [-0.25, -0.2) is 0 Å². The number of halogens is 4. The first-order chi connectivity index (χ1) is 12.3. The van der Waals surface area contributed by atoms with Crippen LogP contribution < -0.4 is 14.4 Å². The van der Waals surface area contributed by atoms with Crippen molar-refractivity contribution < 1.29 is 27.4 Å². The largest absolute Gasteiger partial charge is 0.573 e. The van der Waals surface area contributed by atoms with Crippen LogP contribution in [-0.2, 0) is 17.6 Å². The van der Waals surface area contributed by atoms with E-state index < -0.39 is 6.36 Å². The van der Waals surface area contributed by atoms with Crippen LogP contribution in [-0.4, -0.2) is 25.9 Å². The smallest absolute Gasteiger partial charge is 0.496 e. The molecule has 2 aromatic carbocycles. The Labute approximate surface area is 153 Å². The number of alkyl halides is 3. The van der Waals surface area contributed by atoms with Crippen LogP contribution in [0, 0.1) is 0 Å². The third kappa shape index (κ3) is 4.04. The van der Waals surface area contributed by atoms with Gasteiger partial charge in [-0.15, -0.1) is 13.2 Å². The van der Waals surface area contributed by atoms with Gasteiger partial charge >= 0.3 is 6.36 Å². The van der Waals surface area contributed by atoms with E-state index in [0.29, 0.717) is 35.0 Å². The summed E-state index contributed by atoms with van der Waals surface area (Å²) >= 11 is 5.92.